The summed E-state index contributed by atoms with van der Waals surface area (Å²) >= 11 is 1.47. The minimum Gasteiger partial charge on any atom is -0.250 e. The van der Waals surface area contributed by atoms with Gasteiger partial charge in [0.05, 0.1) is 6.54 Å². The summed E-state index contributed by atoms with van der Waals surface area (Å²) in [5, 5.41) is 9.22. The van der Waals surface area contributed by atoms with Gasteiger partial charge in [-0.05, 0) is 18.2 Å². The third-order valence-electron chi connectivity index (χ3n) is 3.12. The number of pyridine rings is 1. The highest BCUT2D eigenvalue weighted by atomic mass is 32.2. The van der Waals surface area contributed by atoms with Gasteiger partial charge in [-0.2, -0.15) is 4.98 Å². The van der Waals surface area contributed by atoms with Crippen molar-refractivity contribution in [3.8, 4) is 0 Å². The maximum absolute atomic E-state index is 12.1. The third-order valence-corrected chi connectivity index (χ3v) is 3.94. The Morgan fingerprint density at radius 1 is 1.14 bits per heavy atom. The van der Waals surface area contributed by atoms with Crippen LogP contribution in [0.2, 0.25) is 0 Å². The molecule has 0 N–H and O–H groups in total. The lowest BCUT2D eigenvalue weighted by Gasteiger charge is -1.96. The summed E-state index contributed by atoms with van der Waals surface area (Å²) < 4.78 is 4.60. The van der Waals surface area contributed by atoms with Gasteiger partial charge in [-0.15, -0.1) is 10.2 Å². The predicted molar refractivity (Wildman–Crippen MR) is 81.0 cm³/mol. The zero-order valence-electron chi connectivity index (χ0n) is 11.4. The Labute approximate surface area is 128 Å². The van der Waals surface area contributed by atoms with E-state index in [0.717, 1.165) is 0 Å². The summed E-state index contributed by atoms with van der Waals surface area (Å²) in [5.74, 6) is 1.22. The summed E-state index contributed by atoms with van der Waals surface area (Å²) in [4.78, 5) is 20.5. The van der Waals surface area contributed by atoms with Gasteiger partial charge in [0.25, 0.3) is 5.78 Å². The van der Waals surface area contributed by atoms with Gasteiger partial charge in [0, 0.05) is 24.3 Å². The molecule has 0 unspecified atom stereocenters. The zero-order chi connectivity index (χ0) is 14.9. The molecule has 0 aliphatic heterocycles. The highest BCUT2D eigenvalue weighted by molar-refractivity contribution is 7.99. The number of aryl methyl sites for hydroxylation is 1. The molecule has 0 atom stereocenters. The molecule has 4 rings (SSSR count). The van der Waals surface area contributed by atoms with E-state index in [0.29, 0.717) is 28.9 Å². The Bertz CT molecular complexity index is 969. The van der Waals surface area contributed by atoms with E-state index in [4.69, 9.17) is 0 Å². The largest absolute Gasteiger partial charge is 0.350 e. The summed E-state index contributed by atoms with van der Waals surface area (Å²) in [5.41, 5.74) is 0.508. The summed E-state index contributed by atoms with van der Waals surface area (Å²) in [6.45, 7) is 0.494. The van der Waals surface area contributed by atoms with Crippen LogP contribution in [0.1, 0.15) is 0 Å². The van der Waals surface area contributed by atoms with Crippen molar-refractivity contribution in [3.05, 3.63) is 53.3 Å². The van der Waals surface area contributed by atoms with E-state index in [1.54, 1.807) is 35.2 Å². The number of thioether (sulfide) groups is 1. The molecule has 9 heteroatoms. The number of nitrogens with zero attached hydrogens (tertiary/aromatic N) is 7. The van der Waals surface area contributed by atoms with Gasteiger partial charge in [-0.1, -0.05) is 17.8 Å². The average molecular weight is 313 g/mol. The molecule has 22 heavy (non-hydrogen) atoms. The first kappa shape index (κ1) is 13.0. The summed E-state index contributed by atoms with van der Waals surface area (Å²) in [7, 11) is 0. The molecule has 4 aromatic rings. The monoisotopic (exact) mass is 313 g/mol. The third kappa shape index (κ3) is 2.25. The highest BCUT2D eigenvalue weighted by Gasteiger charge is 2.08. The van der Waals surface area contributed by atoms with E-state index < -0.39 is 0 Å². The van der Waals surface area contributed by atoms with Crippen molar-refractivity contribution in [2.24, 2.45) is 0 Å². The lowest BCUT2D eigenvalue weighted by atomic mass is 10.5. The minimum absolute atomic E-state index is 0.138. The first-order valence-corrected chi connectivity index (χ1v) is 7.64. The molecular formula is C13H11N7OS. The Hall–Kier alpha value is -2.68. The molecule has 0 aliphatic rings. The maximum atomic E-state index is 12.1. The normalized spacial score (nSPS) is 11.5. The van der Waals surface area contributed by atoms with Crippen molar-refractivity contribution in [1.29, 1.82) is 0 Å². The van der Waals surface area contributed by atoms with Crippen LogP contribution in [0.25, 0.3) is 11.4 Å². The van der Waals surface area contributed by atoms with Crippen LogP contribution in [0.3, 0.4) is 0 Å². The Morgan fingerprint density at radius 3 is 2.95 bits per heavy atom. The fraction of sp³-hybridized carbons (Fsp3) is 0.154. The number of fused-ring (bicyclic) bond motifs is 2. The zero-order valence-corrected chi connectivity index (χ0v) is 12.2. The van der Waals surface area contributed by atoms with Crippen LogP contribution in [-0.2, 0) is 6.54 Å². The van der Waals surface area contributed by atoms with Gasteiger partial charge in [0.2, 0.25) is 5.16 Å². The fourth-order valence-electron chi connectivity index (χ4n) is 2.11. The molecule has 0 aliphatic carbocycles. The van der Waals surface area contributed by atoms with Crippen molar-refractivity contribution in [2.75, 3.05) is 5.75 Å². The Balaban J connectivity index is 1.50. The van der Waals surface area contributed by atoms with E-state index >= 15 is 0 Å². The fourth-order valence-corrected chi connectivity index (χ4v) is 2.85. The molecule has 0 radical (unpaired) electrons. The van der Waals surface area contributed by atoms with Crippen LogP contribution in [0.15, 0.2) is 52.8 Å². The van der Waals surface area contributed by atoms with E-state index in [-0.39, 0.29) is 5.69 Å². The Morgan fingerprint density at radius 2 is 2.09 bits per heavy atom. The highest BCUT2D eigenvalue weighted by Crippen LogP contribution is 2.13. The molecule has 0 spiro atoms. The average Bonchev–Trinajstić information content (AvgIpc) is 3.09. The molecule has 4 aromatic heterocycles. The second-order valence-electron chi connectivity index (χ2n) is 4.54. The van der Waals surface area contributed by atoms with Crippen molar-refractivity contribution in [3.63, 3.8) is 0 Å². The second-order valence-corrected chi connectivity index (χ2v) is 5.60. The molecule has 0 bridgehead atoms. The molecule has 0 fully saturated rings. The van der Waals surface area contributed by atoms with E-state index in [1.165, 1.54) is 20.8 Å². The quantitative estimate of drug-likeness (QED) is 0.517. The van der Waals surface area contributed by atoms with Gasteiger partial charge in [-0.25, -0.2) is 19.0 Å². The topological polar surface area (TPSA) is 82.4 Å². The van der Waals surface area contributed by atoms with Crippen LogP contribution in [0.4, 0.5) is 0 Å². The van der Waals surface area contributed by atoms with Crippen LogP contribution in [0, 0.1) is 0 Å². The van der Waals surface area contributed by atoms with E-state index in [2.05, 4.69) is 20.2 Å². The standard InChI is InChI=1S/C13H11N7OS/c21-13-18-6-2-1-4-10(18)16-20(13)8-9-22-12-15-11-14-5-3-7-19(11)17-12/h1-7H,8-9H2. The van der Waals surface area contributed by atoms with E-state index in [1.807, 2.05) is 12.1 Å². The van der Waals surface area contributed by atoms with Gasteiger partial charge in [-0.3, -0.25) is 4.40 Å². The lowest BCUT2D eigenvalue weighted by Crippen LogP contribution is -2.22. The van der Waals surface area contributed by atoms with Gasteiger partial charge >= 0.3 is 5.69 Å². The first-order valence-electron chi connectivity index (χ1n) is 6.66. The molecular weight excluding hydrogens is 302 g/mol. The number of hydrogen-bond acceptors (Lipinski definition) is 6. The maximum Gasteiger partial charge on any atom is 0.350 e. The summed E-state index contributed by atoms with van der Waals surface area (Å²) in [6, 6.07) is 7.27. The number of rotatable bonds is 4. The van der Waals surface area contributed by atoms with Gasteiger partial charge < -0.3 is 0 Å². The van der Waals surface area contributed by atoms with Crippen molar-refractivity contribution < 1.29 is 0 Å². The van der Waals surface area contributed by atoms with Crippen molar-refractivity contribution >= 4 is 23.2 Å². The van der Waals surface area contributed by atoms with Crippen LogP contribution in [-0.4, -0.2) is 39.5 Å². The number of aromatic nitrogens is 7. The lowest BCUT2D eigenvalue weighted by molar-refractivity contribution is 0.639. The SMILES string of the molecule is O=c1n(CCSc2nc3ncccn3n2)nc2ccccn12. The van der Waals surface area contributed by atoms with Gasteiger partial charge in [0.1, 0.15) is 0 Å². The van der Waals surface area contributed by atoms with Gasteiger partial charge in [0.15, 0.2) is 5.65 Å². The molecule has 0 amide bonds. The predicted octanol–water partition coefficient (Wildman–Crippen LogP) is 0.726. The minimum atomic E-state index is -0.138. The summed E-state index contributed by atoms with van der Waals surface area (Å²) in [6.07, 6.45) is 5.18. The molecule has 0 aromatic carbocycles. The Kier molecular flexibility index (Phi) is 3.11. The van der Waals surface area contributed by atoms with Crippen molar-refractivity contribution in [2.45, 2.75) is 11.7 Å². The smallest absolute Gasteiger partial charge is 0.250 e. The van der Waals surface area contributed by atoms with E-state index in [9.17, 15) is 4.79 Å². The molecule has 4 heterocycles. The molecule has 8 nitrogen and oxygen atoms in total. The van der Waals surface area contributed by atoms with Crippen LogP contribution < -0.4 is 5.69 Å². The van der Waals surface area contributed by atoms with Crippen molar-refractivity contribution in [1.82, 2.24) is 33.8 Å². The molecule has 0 saturated carbocycles. The first-order chi connectivity index (χ1) is 10.8. The molecule has 110 valence electrons. The van der Waals surface area contributed by atoms with Crippen LogP contribution in [0.5, 0.6) is 0 Å². The molecule has 0 saturated heterocycles. The van der Waals surface area contributed by atoms with Crippen LogP contribution >= 0.6 is 11.8 Å². The second kappa shape index (κ2) is 5.26. The number of hydrogen-bond donors (Lipinski definition) is 0.